The van der Waals surface area contributed by atoms with Crippen molar-refractivity contribution >= 4 is 5.95 Å². The summed E-state index contributed by atoms with van der Waals surface area (Å²) >= 11 is 0. The number of rotatable bonds is 5. The maximum absolute atomic E-state index is 4.50. The Morgan fingerprint density at radius 3 is 2.78 bits per heavy atom. The van der Waals surface area contributed by atoms with Crippen molar-refractivity contribution in [2.24, 2.45) is 5.92 Å². The van der Waals surface area contributed by atoms with E-state index >= 15 is 0 Å². The highest BCUT2D eigenvalue weighted by atomic mass is 15.2. The van der Waals surface area contributed by atoms with E-state index in [1.54, 1.807) is 0 Å². The largest absolute Gasteiger partial charge is 0.341 e. The summed E-state index contributed by atoms with van der Waals surface area (Å²) < 4.78 is 0. The van der Waals surface area contributed by atoms with Gasteiger partial charge in [0.2, 0.25) is 5.95 Å². The summed E-state index contributed by atoms with van der Waals surface area (Å²) in [6.07, 6.45) is 7.77. The average molecular weight is 248 g/mol. The normalized spacial score (nSPS) is 20.1. The fourth-order valence-corrected chi connectivity index (χ4v) is 2.45. The van der Waals surface area contributed by atoms with Crippen molar-refractivity contribution in [2.45, 2.75) is 39.7 Å². The molecule has 0 spiro atoms. The smallest absolute Gasteiger partial charge is 0.225 e. The van der Waals surface area contributed by atoms with Gasteiger partial charge in [-0.05, 0) is 25.3 Å². The highest BCUT2D eigenvalue weighted by Gasteiger charge is 2.20. The van der Waals surface area contributed by atoms with Gasteiger partial charge < -0.3 is 10.2 Å². The van der Waals surface area contributed by atoms with E-state index in [0.717, 1.165) is 43.6 Å². The van der Waals surface area contributed by atoms with Gasteiger partial charge in [0.25, 0.3) is 0 Å². The number of nitrogens with one attached hydrogen (secondary N) is 1. The number of nitrogens with zero attached hydrogens (tertiary/aromatic N) is 3. The fraction of sp³-hybridized carbons (Fsp3) is 0.714. The van der Waals surface area contributed by atoms with E-state index in [-0.39, 0.29) is 0 Å². The van der Waals surface area contributed by atoms with E-state index in [1.165, 1.54) is 19.3 Å². The van der Waals surface area contributed by atoms with Crippen molar-refractivity contribution in [2.75, 3.05) is 24.5 Å². The van der Waals surface area contributed by atoms with Crippen LogP contribution in [-0.2, 0) is 6.54 Å². The second-order valence-corrected chi connectivity index (χ2v) is 5.03. The lowest BCUT2D eigenvalue weighted by Crippen LogP contribution is -2.36. The Kier molecular flexibility index (Phi) is 4.93. The molecule has 4 nitrogen and oxygen atoms in total. The van der Waals surface area contributed by atoms with Gasteiger partial charge in [-0.1, -0.05) is 20.3 Å². The molecule has 4 heteroatoms. The average Bonchev–Trinajstić information content (AvgIpc) is 2.46. The van der Waals surface area contributed by atoms with Crippen LogP contribution < -0.4 is 10.2 Å². The second kappa shape index (κ2) is 6.69. The third-order valence-corrected chi connectivity index (χ3v) is 3.65. The van der Waals surface area contributed by atoms with Gasteiger partial charge in [-0.3, -0.25) is 0 Å². The van der Waals surface area contributed by atoms with Crippen molar-refractivity contribution in [1.29, 1.82) is 0 Å². The summed E-state index contributed by atoms with van der Waals surface area (Å²) in [4.78, 5) is 11.3. The molecule has 0 aromatic carbocycles. The molecule has 100 valence electrons. The van der Waals surface area contributed by atoms with Gasteiger partial charge >= 0.3 is 0 Å². The monoisotopic (exact) mass is 248 g/mol. The van der Waals surface area contributed by atoms with Crippen molar-refractivity contribution in [3.8, 4) is 0 Å². The predicted molar refractivity (Wildman–Crippen MR) is 74.6 cm³/mol. The molecule has 1 fully saturated rings. The molecule has 1 aromatic heterocycles. The standard InChI is InChI=1S/C14H24N4/c1-3-12-6-5-7-18(11-12)14-16-9-13(10-17-14)8-15-4-2/h9-10,12,15H,3-8,11H2,1-2H3. The molecule has 0 amide bonds. The quantitative estimate of drug-likeness (QED) is 0.867. The summed E-state index contributed by atoms with van der Waals surface area (Å²) in [6, 6.07) is 0. The maximum Gasteiger partial charge on any atom is 0.225 e. The topological polar surface area (TPSA) is 41.1 Å². The molecule has 1 N–H and O–H groups in total. The van der Waals surface area contributed by atoms with Crippen LogP contribution >= 0.6 is 0 Å². The zero-order valence-electron chi connectivity index (χ0n) is 11.5. The molecule has 1 atom stereocenters. The van der Waals surface area contributed by atoms with Gasteiger partial charge in [-0.2, -0.15) is 0 Å². The first-order valence-corrected chi connectivity index (χ1v) is 7.10. The second-order valence-electron chi connectivity index (χ2n) is 5.03. The molecule has 0 radical (unpaired) electrons. The number of aromatic nitrogens is 2. The zero-order chi connectivity index (χ0) is 12.8. The molecule has 1 aliphatic heterocycles. The summed E-state index contributed by atoms with van der Waals surface area (Å²) in [5, 5.41) is 3.29. The maximum atomic E-state index is 4.50. The van der Waals surface area contributed by atoms with Gasteiger partial charge in [0, 0.05) is 37.6 Å². The molecule has 0 bridgehead atoms. The summed E-state index contributed by atoms with van der Waals surface area (Å²) in [5.41, 5.74) is 1.16. The van der Waals surface area contributed by atoms with Crippen LogP contribution in [-0.4, -0.2) is 29.6 Å². The first-order chi connectivity index (χ1) is 8.83. The van der Waals surface area contributed by atoms with E-state index in [9.17, 15) is 0 Å². The lowest BCUT2D eigenvalue weighted by Gasteiger charge is -2.32. The summed E-state index contributed by atoms with van der Waals surface area (Å²) in [6.45, 7) is 8.43. The van der Waals surface area contributed by atoms with E-state index < -0.39 is 0 Å². The Balaban J connectivity index is 1.96. The molecule has 2 heterocycles. The molecule has 2 rings (SSSR count). The molecule has 0 saturated carbocycles. The van der Waals surface area contributed by atoms with E-state index in [4.69, 9.17) is 0 Å². The molecule has 0 aliphatic carbocycles. The van der Waals surface area contributed by atoms with Gasteiger partial charge in [0.1, 0.15) is 0 Å². The minimum Gasteiger partial charge on any atom is -0.341 e. The fourth-order valence-electron chi connectivity index (χ4n) is 2.45. The van der Waals surface area contributed by atoms with Gasteiger partial charge in [0.05, 0.1) is 0 Å². The zero-order valence-corrected chi connectivity index (χ0v) is 11.5. The van der Waals surface area contributed by atoms with Crippen molar-refractivity contribution in [1.82, 2.24) is 15.3 Å². The third kappa shape index (κ3) is 3.42. The van der Waals surface area contributed by atoms with Crippen LogP contribution in [0.3, 0.4) is 0 Å². The van der Waals surface area contributed by atoms with Crippen molar-refractivity contribution in [3.63, 3.8) is 0 Å². The highest BCUT2D eigenvalue weighted by Crippen LogP contribution is 2.22. The molecule has 1 aliphatic rings. The number of piperidine rings is 1. The number of anilines is 1. The van der Waals surface area contributed by atoms with E-state index in [1.807, 2.05) is 12.4 Å². The molecular weight excluding hydrogens is 224 g/mol. The minimum absolute atomic E-state index is 0.809. The Morgan fingerprint density at radius 1 is 1.33 bits per heavy atom. The lowest BCUT2D eigenvalue weighted by atomic mass is 9.96. The van der Waals surface area contributed by atoms with Crippen LogP contribution in [0, 0.1) is 5.92 Å². The summed E-state index contributed by atoms with van der Waals surface area (Å²) in [7, 11) is 0. The summed E-state index contributed by atoms with van der Waals surface area (Å²) in [5.74, 6) is 1.71. The van der Waals surface area contributed by atoms with Crippen LogP contribution in [0.25, 0.3) is 0 Å². The third-order valence-electron chi connectivity index (χ3n) is 3.65. The van der Waals surface area contributed by atoms with Crippen LogP contribution in [0.15, 0.2) is 12.4 Å². The SMILES string of the molecule is CCNCc1cnc(N2CCCC(CC)C2)nc1. The Bertz CT molecular complexity index is 349. The Hall–Kier alpha value is -1.16. The molecule has 1 unspecified atom stereocenters. The van der Waals surface area contributed by atoms with Crippen LogP contribution in [0.4, 0.5) is 5.95 Å². The molecule has 18 heavy (non-hydrogen) atoms. The van der Waals surface area contributed by atoms with Crippen LogP contribution in [0.1, 0.15) is 38.7 Å². The minimum atomic E-state index is 0.809. The molecule has 1 aromatic rings. The first-order valence-electron chi connectivity index (χ1n) is 7.10. The van der Waals surface area contributed by atoms with E-state index in [2.05, 4.69) is 34.0 Å². The van der Waals surface area contributed by atoms with Gasteiger partial charge in [-0.15, -0.1) is 0 Å². The Morgan fingerprint density at radius 2 is 2.11 bits per heavy atom. The number of hydrogen-bond acceptors (Lipinski definition) is 4. The number of hydrogen-bond donors (Lipinski definition) is 1. The molecular formula is C14H24N4. The predicted octanol–water partition coefficient (Wildman–Crippen LogP) is 2.21. The van der Waals surface area contributed by atoms with Gasteiger partial charge in [-0.25, -0.2) is 9.97 Å². The first kappa shape index (κ1) is 13.3. The Labute approximate surface area is 110 Å². The van der Waals surface area contributed by atoms with Crippen molar-refractivity contribution < 1.29 is 0 Å². The van der Waals surface area contributed by atoms with Crippen LogP contribution in [0.2, 0.25) is 0 Å². The lowest BCUT2D eigenvalue weighted by molar-refractivity contribution is 0.401. The van der Waals surface area contributed by atoms with E-state index in [0.29, 0.717) is 0 Å². The highest BCUT2D eigenvalue weighted by molar-refractivity contribution is 5.30. The molecule has 1 saturated heterocycles. The van der Waals surface area contributed by atoms with Crippen LogP contribution in [0.5, 0.6) is 0 Å². The van der Waals surface area contributed by atoms with Crippen molar-refractivity contribution in [3.05, 3.63) is 18.0 Å². The van der Waals surface area contributed by atoms with Gasteiger partial charge in [0.15, 0.2) is 0 Å².